The van der Waals surface area contributed by atoms with Crippen LogP contribution in [0.4, 0.5) is 0 Å². The number of amidine groups is 1. The third kappa shape index (κ3) is 16.1. The second-order valence-electron chi connectivity index (χ2n) is 32.1. The Morgan fingerprint density at radius 3 is 1.77 bits per heavy atom. The monoisotopic (exact) mass is 1720 g/mol. The van der Waals surface area contributed by atoms with Crippen LogP contribution in [-0.4, -0.2) is 300 Å². The van der Waals surface area contributed by atoms with Gasteiger partial charge in [0.05, 0.1) is 106 Å². The summed E-state index contributed by atoms with van der Waals surface area (Å²) in [6.07, 6.45) is 9.14. The largest absolute Gasteiger partial charge is 0.477 e. The molecule has 4 aromatic heterocycles. The lowest BCUT2D eigenvalue weighted by molar-refractivity contribution is -0.758. The number of aliphatic carboxylic acids is 4. The Hall–Kier alpha value is -10.2. The molecule has 12 aliphatic rings. The van der Waals surface area contributed by atoms with E-state index in [4.69, 9.17) is 22.6 Å². The Morgan fingerprint density at radius 2 is 1.24 bits per heavy atom. The number of thiazole rings is 1. The number of ketones is 1. The van der Waals surface area contributed by atoms with Crippen LogP contribution in [0.25, 0.3) is 10.4 Å². The molecule has 1 unspecified atom stereocenters. The van der Waals surface area contributed by atoms with Crippen LogP contribution in [0.15, 0.2) is 92.2 Å². The van der Waals surface area contributed by atoms with E-state index in [1.165, 1.54) is 90.2 Å². The number of amides is 7. The number of carbonyl (C=O) groups is 12. The van der Waals surface area contributed by atoms with Crippen LogP contribution in [0.5, 0.6) is 0 Å². The molecule has 39 nitrogen and oxygen atoms in total. The molecule has 16 N–H and O–H groups in total. The fourth-order valence-electron chi connectivity index (χ4n) is 18.6. The number of carboxylic acid groups (broad SMARTS) is 4. The molecule has 119 heavy (non-hydrogen) atoms. The first-order valence-electron chi connectivity index (χ1n) is 39.0. The number of thioether (sulfide) groups is 3. The standard InChI is InChI=1S/C23H35N7O6S.C23H21N5O6S.C15H18N4O4S.C15H21N3O4S/c1-10-17-16(11(2)31)21(34)30(17)18(22(35)36)19(10)37-13-6-14(28(3)9-13)20(33)29-5-4-12(8-29)27-15(32)7-26-23(24)25;1-10-15(19(23(33)34)28-18(10)16(11(2)29)21(28)32)13-7-27-9-25-17(22(27)35-13)20(31)12-4-3-5-26(6-12)8-14(24)30;1-7-11-10(8(2)20)14(21)19(11)12(15(22)23)13(7)24-9-3-17-5-16-6-18(17)4-9;1-7(19)12-10-5-11(13(15(21)22)18(10)14(12)20)23-9-3-4-17(6-9)8(2)16/h10-14,16-17,31H,4-9H2,1-3H3,(H,27,32)(H,35,36)(H4,24,25,26);3-7,9-11,16,18,29H,8H2,1-2H3,(H2-,24,30,33,34);5-11,20H,3-4H2,1-2H3;7,9-10,12,16,19H,3-6H2,1-2H3,(H,21,22)/p+2/t10-,11-,12+,13?,14+,16-,17-;10-,11+,16+,18+;7-,8-,10-,11-;7-,9+,10-,12-/m1011/s1. The fourth-order valence-corrected chi connectivity index (χ4v) is 24.4. The zero-order chi connectivity index (χ0) is 86.4. The number of likely N-dealkylation sites (N-methyl/N-ethyl adjacent to an activating group) is 1. The molecule has 0 aromatic carbocycles. The molecule has 7 saturated heterocycles. The van der Waals surface area contributed by atoms with Crippen LogP contribution in [0.2, 0.25) is 0 Å². The number of hydrogen-bond acceptors (Lipinski definition) is 25. The summed E-state index contributed by atoms with van der Waals surface area (Å²) < 4.78 is 7.15. The number of imidazole rings is 1. The molecular weight excluding hydrogens is 1630 g/mol. The quantitative estimate of drug-likeness (QED) is 0.0127. The van der Waals surface area contributed by atoms with Crippen LogP contribution in [0.1, 0.15) is 102 Å². The normalized spacial score (nSPS) is 29.2. The van der Waals surface area contributed by atoms with E-state index in [2.05, 4.69) is 20.3 Å². The molecule has 7 fully saturated rings. The minimum absolute atomic E-state index is 0.000632. The third-order valence-corrected chi connectivity index (χ3v) is 29.6. The number of guanidine groups is 1. The minimum Gasteiger partial charge on any atom is -0.477 e. The van der Waals surface area contributed by atoms with Gasteiger partial charge in [-0.25, -0.2) is 29.2 Å². The van der Waals surface area contributed by atoms with Gasteiger partial charge in [0.2, 0.25) is 54.1 Å². The van der Waals surface area contributed by atoms with Crippen molar-refractivity contribution in [1.82, 2.24) is 58.7 Å². The van der Waals surface area contributed by atoms with Gasteiger partial charge in [0.25, 0.3) is 5.91 Å². The van der Waals surface area contributed by atoms with Crippen molar-refractivity contribution in [2.24, 2.45) is 63.6 Å². The van der Waals surface area contributed by atoms with E-state index in [1.54, 1.807) is 74.2 Å². The van der Waals surface area contributed by atoms with Crippen molar-refractivity contribution < 1.29 is 108 Å². The lowest BCUT2D eigenvalue weighted by Gasteiger charge is -2.46. The molecular formula is C76H97N19O20S4+2. The van der Waals surface area contributed by atoms with E-state index in [9.17, 15) is 98.4 Å². The first-order chi connectivity index (χ1) is 56.2. The third-order valence-electron chi connectivity index (χ3n) is 24.1. The van der Waals surface area contributed by atoms with Crippen molar-refractivity contribution in [3.8, 4) is 0 Å². The summed E-state index contributed by atoms with van der Waals surface area (Å²) in [6.45, 7) is 18.0. The molecule has 16 heterocycles. The van der Waals surface area contributed by atoms with Crippen LogP contribution < -0.4 is 31.8 Å². The molecule has 43 heteroatoms. The van der Waals surface area contributed by atoms with E-state index in [1.807, 2.05) is 47.0 Å². The number of primary amides is 1. The number of pyridine rings is 1. The number of aromatic nitrogens is 6. The molecule has 0 saturated carbocycles. The van der Waals surface area contributed by atoms with Crippen molar-refractivity contribution in [1.29, 1.82) is 5.41 Å². The Labute approximate surface area is 698 Å². The summed E-state index contributed by atoms with van der Waals surface area (Å²) in [6, 6.07) is 1.44. The first kappa shape index (κ1) is 86.7. The number of fused-ring (bicyclic) bond motifs is 6. The van der Waals surface area contributed by atoms with E-state index in [0.717, 1.165) is 42.4 Å². The number of rotatable bonds is 23. The van der Waals surface area contributed by atoms with Gasteiger partial charge in [-0.1, -0.05) is 20.8 Å². The average molecular weight is 1720 g/mol. The number of aliphatic hydroxyl groups is 4. The summed E-state index contributed by atoms with van der Waals surface area (Å²) >= 11 is 5.70. The number of nitrogens with one attached hydrogen (secondary N) is 2. The maximum Gasteiger partial charge on any atom is 0.353 e. The minimum atomic E-state index is -1.22. The van der Waals surface area contributed by atoms with Crippen LogP contribution in [0.3, 0.4) is 0 Å². The zero-order valence-corrected chi connectivity index (χ0v) is 69.7. The van der Waals surface area contributed by atoms with E-state index in [-0.39, 0.29) is 147 Å². The van der Waals surface area contributed by atoms with Gasteiger partial charge in [-0.2, -0.15) is 13.9 Å². The fraction of sp³-hybridized carbons (Fsp3) is 0.553. The number of likely N-dealkylation sites (tertiary alicyclic amines) is 3. The van der Waals surface area contributed by atoms with Gasteiger partial charge < -0.3 is 92.8 Å². The number of hydrogen-bond donors (Lipinski definition) is 13. The van der Waals surface area contributed by atoms with Crippen molar-refractivity contribution in [2.75, 3.05) is 46.3 Å². The topological polar surface area (TPSA) is 559 Å². The Bertz CT molecular complexity index is 5030. The summed E-state index contributed by atoms with van der Waals surface area (Å²) in [5.41, 5.74) is 16.8. The van der Waals surface area contributed by atoms with Crippen molar-refractivity contribution in [3.05, 3.63) is 103 Å². The molecule has 0 radical (unpaired) electrons. The Kier molecular flexibility index (Phi) is 24.9. The number of nitrogens with two attached hydrogens (primary N) is 3. The van der Waals surface area contributed by atoms with Crippen LogP contribution >= 0.6 is 46.6 Å². The number of carboxylic acids is 4. The van der Waals surface area contributed by atoms with Gasteiger partial charge in [0, 0.05) is 106 Å². The summed E-state index contributed by atoms with van der Waals surface area (Å²) in [7, 11) is 1.87. The second-order valence-corrected chi connectivity index (χ2v) is 37.2. The van der Waals surface area contributed by atoms with Crippen molar-refractivity contribution >= 4 is 140 Å². The van der Waals surface area contributed by atoms with Gasteiger partial charge in [0.15, 0.2) is 18.4 Å². The molecule has 7 amide bonds. The predicted molar refractivity (Wildman–Crippen MR) is 427 cm³/mol. The zero-order valence-electron chi connectivity index (χ0n) is 66.5. The van der Waals surface area contributed by atoms with Crippen molar-refractivity contribution in [2.45, 2.75) is 177 Å². The molecule has 4 aromatic rings. The van der Waals surface area contributed by atoms with Gasteiger partial charge in [-0.3, -0.25) is 53.1 Å². The highest BCUT2D eigenvalue weighted by Crippen LogP contribution is 2.56. The van der Waals surface area contributed by atoms with Gasteiger partial charge >= 0.3 is 30.2 Å². The number of aliphatic imine (C=N–C) groups is 1. The summed E-state index contributed by atoms with van der Waals surface area (Å²) in [5.74, 6) is -9.62. The van der Waals surface area contributed by atoms with Crippen LogP contribution in [-0.2, 0) is 72.4 Å². The lowest BCUT2D eigenvalue weighted by Crippen LogP contribution is -2.63. The van der Waals surface area contributed by atoms with E-state index < -0.39 is 89.8 Å². The number of carbonyl (C=O) groups excluding carboxylic acids is 8. The highest BCUT2D eigenvalue weighted by Gasteiger charge is 2.64. The van der Waals surface area contributed by atoms with E-state index >= 15 is 0 Å². The number of nitrogens with zero attached hydrogens (tertiary/aromatic N) is 14. The highest BCUT2D eigenvalue weighted by molar-refractivity contribution is 8.04. The van der Waals surface area contributed by atoms with Crippen LogP contribution in [0, 0.1) is 46.8 Å². The first-order valence-corrected chi connectivity index (χ1v) is 42.4. The highest BCUT2D eigenvalue weighted by atomic mass is 32.2. The lowest BCUT2D eigenvalue weighted by atomic mass is 9.77. The molecule has 638 valence electrons. The summed E-state index contributed by atoms with van der Waals surface area (Å²) in [4.78, 5) is 173. The summed E-state index contributed by atoms with van der Waals surface area (Å²) in [5, 5.41) is 89.5. The molecule has 16 rings (SSSR count). The molecule has 0 aliphatic carbocycles. The number of aliphatic hydroxyl groups excluding tert-OH is 4. The molecule has 0 bridgehead atoms. The Morgan fingerprint density at radius 1 is 0.681 bits per heavy atom. The number of β-lactam (4-membered cyclic amide) rings is 4. The van der Waals surface area contributed by atoms with Gasteiger partial charge in [-0.15, -0.1) is 46.6 Å². The average Bonchev–Trinajstić information content (AvgIpc) is 1.55. The molecule has 0 spiro atoms. The van der Waals surface area contributed by atoms with Crippen molar-refractivity contribution in [3.63, 3.8) is 0 Å². The molecule has 12 aliphatic heterocycles. The maximum absolute atomic E-state index is 13.3. The van der Waals surface area contributed by atoms with E-state index in [0.29, 0.717) is 70.5 Å². The van der Waals surface area contributed by atoms with Gasteiger partial charge in [0.1, 0.15) is 52.7 Å². The molecule has 19 atom stereocenters. The maximum atomic E-state index is 13.3. The smallest absolute Gasteiger partial charge is 0.353 e. The SMILES string of the molecule is CC(=N)N1CC[C@H](SC2=C(C(=O)O)N3C(=O)[C@H]([C@@H](C)O)[C@H]3C2)C1.C[C@@H](O)[C@H]1C(=O)N2C(C(=O)O)=C(SC3C[C@@H](C(=O)N4CC[C@H](NC(=O)CN=C(N)N)C4)N(C)C3)[C@H](C)[C@H]12.C[C@@H](O)[C@H]1C(=O)N2C(C(=O)O)=C(SC3Cn4cnc[n+]4C3)[C@H](C)[C@H]12.C[C@@H](O)[C@H]1C(=O)N2C(C(=O)O)=C(c3cn4cnc(C(=O)c5ccc[n+](CC(N)=O)c5)c4s3)[C@H](C)[C@H]12. The predicted octanol–water partition coefficient (Wildman–Crippen LogP) is -1.87. The second kappa shape index (κ2) is 34.2. The van der Waals surface area contributed by atoms with Gasteiger partial charge in [-0.05, 0) is 72.0 Å². The Balaban J connectivity index is 0.000000140.